The Morgan fingerprint density at radius 1 is 1.19 bits per heavy atom. The number of aliphatic hydroxyl groups excluding tert-OH is 1. The largest absolute Gasteiger partial charge is 0.390 e. The van der Waals surface area contributed by atoms with Crippen molar-refractivity contribution in [1.29, 1.82) is 0 Å². The van der Waals surface area contributed by atoms with Crippen molar-refractivity contribution in [2.24, 2.45) is 10.7 Å². The van der Waals surface area contributed by atoms with Gasteiger partial charge in [0.1, 0.15) is 0 Å². The van der Waals surface area contributed by atoms with Crippen LogP contribution in [-0.2, 0) is 13.0 Å². The van der Waals surface area contributed by atoms with Gasteiger partial charge in [-0.1, -0.05) is 42.0 Å². The molecule has 5 nitrogen and oxygen atoms in total. The second-order valence-corrected chi connectivity index (χ2v) is 6.62. The van der Waals surface area contributed by atoms with Gasteiger partial charge in [-0.25, -0.2) is 0 Å². The number of nitrogens with one attached hydrogen (secondary N) is 1. The van der Waals surface area contributed by atoms with Crippen molar-refractivity contribution in [3.05, 3.63) is 65.2 Å². The number of hydrogen-bond acceptors (Lipinski definition) is 3. The number of rotatable bonds is 5. The molecule has 1 atom stereocenters. The number of aliphatic hydroxyl groups is 1. The lowest BCUT2D eigenvalue weighted by molar-refractivity contribution is 0.112. The summed E-state index contributed by atoms with van der Waals surface area (Å²) in [6.07, 6.45) is 0.507. The number of guanidine groups is 1. The average molecular weight is 466 g/mol. The summed E-state index contributed by atoms with van der Waals surface area (Å²) in [6.45, 7) is 4.79. The molecule has 0 saturated carbocycles. The van der Waals surface area contributed by atoms with E-state index in [-0.39, 0.29) is 24.0 Å². The zero-order valence-corrected chi connectivity index (χ0v) is 17.4. The van der Waals surface area contributed by atoms with Crippen molar-refractivity contribution in [2.75, 3.05) is 25.0 Å². The molecule has 4 N–H and O–H groups in total. The third kappa shape index (κ3) is 5.96. The highest BCUT2D eigenvalue weighted by Crippen LogP contribution is 2.18. The van der Waals surface area contributed by atoms with Crippen LogP contribution in [0.25, 0.3) is 0 Å². The summed E-state index contributed by atoms with van der Waals surface area (Å²) in [5, 5.41) is 13.3. The monoisotopic (exact) mass is 466 g/mol. The van der Waals surface area contributed by atoms with Gasteiger partial charge in [-0.2, -0.15) is 0 Å². The molecule has 0 aromatic heterocycles. The van der Waals surface area contributed by atoms with Crippen LogP contribution in [0.1, 0.15) is 16.7 Å². The van der Waals surface area contributed by atoms with Gasteiger partial charge in [0, 0.05) is 25.3 Å². The number of nitrogens with zero attached hydrogens (tertiary/aromatic N) is 2. The number of aryl methyl sites for hydroxylation is 1. The molecular weight excluding hydrogens is 439 g/mol. The van der Waals surface area contributed by atoms with E-state index in [1.165, 1.54) is 16.7 Å². The van der Waals surface area contributed by atoms with E-state index in [1.807, 2.05) is 31.2 Å². The summed E-state index contributed by atoms with van der Waals surface area (Å²) in [5.41, 5.74) is 10.8. The molecule has 6 heteroatoms. The minimum atomic E-state index is -0.524. The van der Waals surface area contributed by atoms with E-state index in [1.54, 1.807) is 0 Å². The lowest BCUT2D eigenvalue weighted by Gasteiger charge is -2.30. The predicted octanol–water partition coefficient (Wildman–Crippen LogP) is 2.76. The molecule has 1 unspecified atom stereocenters. The fourth-order valence-corrected chi connectivity index (χ4v) is 3.09. The maximum atomic E-state index is 10.3. The normalized spacial score (nSPS) is 15.7. The first-order chi connectivity index (χ1) is 12.1. The molecule has 2 aromatic carbocycles. The van der Waals surface area contributed by atoms with Crippen LogP contribution in [0.2, 0.25) is 0 Å². The standard InChI is InChI=1S/C20H26N4O.HI/c1-15-6-8-18(9-7-15)23-20(21)22-12-19(25)14-24-11-10-16-4-2-3-5-17(16)13-24;/h2-9,19,25H,10-14H2,1H3,(H3,21,22,23);1H. The molecular formula is C20H27IN4O. The quantitative estimate of drug-likeness (QED) is 0.360. The summed E-state index contributed by atoms with van der Waals surface area (Å²) in [7, 11) is 0. The highest BCUT2D eigenvalue weighted by Gasteiger charge is 2.18. The third-order valence-electron chi connectivity index (χ3n) is 4.48. The molecule has 140 valence electrons. The Morgan fingerprint density at radius 3 is 2.62 bits per heavy atom. The zero-order valence-electron chi connectivity index (χ0n) is 15.1. The Bertz CT molecular complexity index is 733. The van der Waals surface area contributed by atoms with Gasteiger partial charge in [0.05, 0.1) is 12.6 Å². The molecule has 0 amide bonds. The van der Waals surface area contributed by atoms with Crippen LogP contribution in [0.3, 0.4) is 0 Å². The van der Waals surface area contributed by atoms with Crippen LogP contribution in [-0.4, -0.2) is 41.7 Å². The molecule has 1 heterocycles. The van der Waals surface area contributed by atoms with Crippen molar-refractivity contribution in [3.8, 4) is 0 Å². The first kappa shape index (κ1) is 20.7. The summed E-state index contributed by atoms with van der Waals surface area (Å²) in [4.78, 5) is 6.53. The molecule has 1 aliphatic heterocycles. The van der Waals surface area contributed by atoms with Gasteiger partial charge in [-0.05, 0) is 36.6 Å². The van der Waals surface area contributed by atoms with Gasteiger partial charge in [-0.3, -0.25) is 9.89 Å². The molecule has 0 radical (unpaired) electrons. The topological polar surface area (TPSA) is 73.9 Å². The molecule has 1 aliphatic rings. The molecule has 0 bridgehead atoms. The molecule has 0 aliphatic carbocycles. The Labute approximate surface area is 172 Å². The van der Waals surface area contributed by atoms with Gasteiger partial charge >= 0.3 is 0 Å². The number of benzene rings is 2. The highest BCUT2D eigenvalue weighted by atomic mass is 127. The third-order valence-corrected chi connectivity index (χ3v) is 4.48. The van der Waals surface area contributed by atoms with E-state index in [0.29, 0.717) is 19.0 Å². The SMILES string of the molecule is Cc1ccc(NC(N)=NCC(O)CN2CCc3ccccc3C2)cc1.I. The lowest BCUT2D eigenvalue weighted by atomic mass is 10.00. The minimum Gasteiger partial charge on any atom is -0.390 e. The average Bonchev–Trinajstić information content (AvgIpc) is 2.62. The van der Waals surface area contributed by atoms with E-state index in [0.717, 1.165) is 25.2 Å². The fourth-order valence-electron chi connectivity index (χ4n) is 3.09. The second kappa shape index (κ2) is 9.89. The van der Waals surface area contributed by atoms with Crippen molar-refractivity contribution < 1.29 is 5.11 Å². The smallest absolute Gasteiger partial charge is 0.193 e. The Balaban J connectivity index is 0.00000243. The highest BCUT2D eigenvalue weighted by molar-refractivity contribution is 14.0. The first-order valence-corrected chi connectivity index (χ1v) is 8.71. The van der Waals surface area contributed by atoms with Crippen LogP contribution in [0.5, 0.6) is 0 Å². The van der Waals surface area contributed by atoms with Gasteiger partial charge in [-0.15, -0.1) is 24.0 Å². The van der Waals surface area contributed by atoms with Gasteiger partial charge in [0.25, 0.3) is 0 Å². The van der Waals surface area contributed by atoms with E-state index in [9.17, 15) is 5.11 Å². The number of fused-ring (bicyclic) bond motifs is 1. The molecule has 26 heavy (non-hydrogen) atoms. The van der Waals surface area contributed by atoms with Gasteiger partial charge in [0.15, 0.2) is 5.96 Å². The van der Waals surface area contributed by atoms with Crippen LogP contribution in [0, 0.1) is 6.92 Å². The Hall–Kier alpha value is -1.64. The Kier molecular flexibility index (Phi) is 7.86. The summed E-state index contributed by atoms with van der Waals surface area (Å²) in [5.74, 6) is 0.326. The number of halogens is 1. The fraction of sp³-hybridized carbons (Fsp3) is 0.350. The van der Waals surface area contributed by atoms with Crippen molar-refractivity contribution in [1.82, 2.24) is 4.90 Å². The van der Waals surface area contributed by atoms with Crippen molar-refractivity contribution in [3.63, 3.8) is 0 Å². The second-order valence-electron chi connectivity index (χ2n) is 6.62. The number of hydrogen-bond donors (Lipinski definition) is 3. The Morgan fingerprint density at radius 2 is 1.88 bits per heavy atom. The van der Waals surface area contributed by atoms with Crippen molar-refractivity contribution in [2.45, 2.75) is 26.0 Å². The zero-order chi connectivity index (χ0) is 17.6. The number of anilines is 1. The lowest BCUT2D eigenvalue weighted by Crippen LogP contribution is -2.38. The first-order valence-electron chi connectivity index (χ1n) is 8.71. The van der Waals surface area contributed by atoms with Gasteiger partial charge in [0.2, 0.25) is 0 Å². The molecule has 0 spiro atoms. The maximum absolute atomic E-state index is 10.3. The maximum Gasteiger partial charge on any atom is 0.193 e. The van der Waals surface area contributed by atoms with Crippen LogP contribution in [0.4, 0.5) is 5.69 Å². The van der Waals surface area contributed by atoms with E-state index >= 15 is 0 Å². The van der Waals surface area contributed by atoms with Crippen molar-refractivity contribution >= 4 is 35.6 Å². The van der Waals surface area contributed by atoms with E-state index < -0.39 is 6.10 Å². The predicted molar refractivity (Wildman–Crippen MR) is 118 cm³/mol. The minimum absolute atomic E-state index is 0. The van der Waals surface area contributed by atoms with E-state index in [4.69, 9.17) is 5.73 Å². The molecule has 2 aromatic rings. The summed E-state index contributed by atoms with van der Waals surface area (Å²) in [6, 6.07) is 16.4. The van der Waals surface area contributed by atoms with Crippen LogP contribution >= 0.6 is 24.0 Å². The van der Waals surface area contributed by atoms with Crippen LogP contribution < -0.4 is 11.1 Å². The molecule has 3 rings (SSSR count). The molecule has 0 saturated heterocycles. The van der Waals surface area contributed by atoms with Gasteiger partial charge < -0.3 is 16.2 Å². The summed E-state index contributed by atoms with van der Waals surface area (Å²) >= 11 is 0. The summed E-state index contributed by atoms with van der Waals surface area (Å²) < 4.78 is 0. The van der Waals surface area contributed by atoms with E-state index in [2.05, 4.69) is 39.5 Å². The van der Waals surface area contributed by atoms with Crippen LogP contribution in [0.15, 0.2) is 53.5 Å². The number of nitrogens with two attached hydrogens (primary N) is 1. The number of aliphatic imine (C=N–C) groups is 1. The number of β-amino-alcohol motifs (C(OH)–C–C–N with tert-alkyl or cyclic N) is 1. The molecule has 0 fully saturated rings.